The second-order valence-electron chi connectivity index (χ2n) is 5.54. The first-order valence-corrected chi connectivity index (χ1v) is 8.59. The van der Waals surface area contributed by atoms with E-state index in [-0.39, 0.29) is 5.91 Å². The fourth-order valence-electron chi connectivity index (χ4n) is 2.26. The quantitative estimate of drug-likeness (QED) is 0.669. The largest absolute Gasteiger partial charge is 0.350 e. The topological polar surface area (TPSA) is 66.9 Å². The molecule has 0 saturated heterocycles. The number of anilines is 2. The zero-order valence-corrected chi connectivity index (χ0v) is 15.2. The summed E-state index contributed by atoms with van der Waals surface area (Å²) >= 11 is 3.45. The molecule has 0 bridgehead atoms. The number of aryl methyl sites for hydroxylation is 1. The predicted molar refractivity (Wildman–Crippen MR) is 103 cm³/mol. The highest BCUT2D eigenvalue weighted by Gasteiger charge is 2.11. The van der Waals surface area contributed by atoms with Crippen molar-refractivity contribution in [2.24, 2.45) is 0 Å². The van der Waals surface area contributed by atoms with Gasteiger partial charge < -0.3 is 10.6 Å². The lowest BCUT2D eigenvalue weighted by atomic mass is 10.2. The van der Waals surface area contributed by atoms with Crippen LogP contribution in [0.15, 0.2) is 65.3 Å². The number of hydrogen-bond acceptors (Lipinski definition) is 4. The van der Waals surface area contributed by atoms with E-state index in [0.717, 1.165) is 15.6 Å². The van der Waals surface area contributed by atoms with Crippen LogP contribution in [-0.2, 0) is 6.54 Å². The fraction of sp³-hybridized carbons (Fsp3) is 0.105. The summed E-state index contributed by atoms with van der Waals surface area (Å²) in [4.78, 5) is 20.9. The summed E-state index contributed by atoms with van der Waals surface area (Å²) in [7, 11) is 0. The lowest BCUT2D eigenvalue weighted by Gasteiger charge is -2.09. The van der Waals surface area contributed by atoms with E-state index in [0.29, 0.717) is 23.9 Å². The molecule has 6 heteroatoms. The van der Waals surface area contributed by atoms with Crippen molar-refractivity contribution in [3.63, 3.8) is 0 Å². The summed E-state index contributed by atoms with van der Waals surface area (Å²) < 4.78 is 0.831. The Balaban J connectivity index is 1.69. The first kappa shape index (κ1) is 17.1. The van der Waals surface area contributed by atoms with Gasteiger partial charge in [-0.25, -0.2) is 9.97 Å². The standard InChI is InChI=1S/C19H17BrN4O/c1-13-7-8-16(15(20)11-13)23-18(25)17-9-10-21-19(24-17)22-12-14-5-3-2-4-6-14/h2-11H,12H2,1H3,(H,23,25)(H,21,22,24). The summed E-state index contributed by atoms with van der Waals surface area (Å²) in [5.41, 5.74) is 3.23. The van der Waals surface area contributed by atoms with Gasteiger partial charge in [0.2, 0.25) is 5.95 Å². The highest BCUT2D eigenvalue weighted by molar-refractivity contribution is 9.10. The lowest BCUT2D eigenvalue weighted by Crippen LogP contribution is -2.15. The van der Waals surface area contributed by atoms with E-state index in [1.54, 1.807) is 12.3 Å². The van der Waals surface area contributed by atoms with E-state index < -0.39 is 0 Å². The third-order valence-corrected chi connectivity index (χ3v) is 4.21. The highest BCUT2D eigenvalue weighted by atomic mass is 79.9. The molecule has 3 rings (SSSR count). The summed E-state index contributed by atoms with van der Waals surface area (Å²) in [5.74, 6) is 0.134. The number of benzene rings is 2. The van der Waals surface area contributed by atoms with Crippen molar-refractivity contribution in [1.82, 2.24) is 9.97 Å². The fourth-order valence-corrected chi connectivity index (χ4v) is 2.85. The van der Waals surface area contributed by atoms with Crippen LogP contribution in [0, 0.1) is 6.92 Å². The molecule has 0 saturated carbocycles. The van der Waals surface area contributed by atoms with Gasteiger partial charge in [-0.3, -0.25) is 4.79 Å². The maximum Gasteiger partial charge on any atom is 0.274 e. The Kier molecular flexibility index (Phi) is 5.40. The van der Waals surface area contributed by atoms with Gasteiger partial charge in [0, 0.05) is 17.2 Å². The van der Waals surface area contributed by atoms with E-state index in [4.69, 9.17) is 0 Å². The number of nitrogens with one attached hydrogen (secondary N) is 2. The molecule has 0 fully saturated rings. The smallest absolute Gasteiger partial charge is 0.274 e. The highest BCUT2D eigenvalue weighted by Crippen LogP contribution is 2.23. The van der Waals surface area contributed by atoms with Crippen LogP contribution in [0.5, 0.6) is 0 Å². The molecule has 126 valence electrons. The van der Waals surface area contributed by atoms with Crippen LogP contribution in [0.25, 0.3) is 0 Å². The van der Waals surface area contributed by atoms with Crippen LogP contribution in [0.1, 0.15) is 21.6 Å². The van der Waals surface area contributed by atoms with Crippen LogP contribution in [-0.4, -0.2) is 15.9 Å². The number of carbonyl (C=O) groups excluding carboxylic acids is 1. The van der Waals surface area contributed by atoms with E-state index in [2.05, 4.69) is 36.5 Å². The molecule has 2 N–H and O–H groups in total. The Morgan fingerprint density at radius 1 is 1.12 bits per heavy atom. The number of halogens is 1. The van der Waals surface area contributed by atoms with Gasteiger partial charge in [-0.05, 0) is 52.2 Å². The van der Waals surface area contributed by atoms with Crippen molar-refractivity contribution in [1.29, 1.82) is 0 Å². The molecular weight excluding hydrogens is 380 g/mol. The summed E-state index contributed by atoms with van der Waals surface area (Å²) in [6.07, 6.45) is 1.57. The molecule has 5 nitrogen and oxygen atoms in total. The van der Waals surface area contributed by atoms with Crippen molar-refractivity contribution in [3.05, 3.63) is 82.1 Å². The van der Waals surface area contributed by atoms with Gasteiger partial charge >= 0.3 is 0 Å². The Morgan fingerprint density at radius 2 is 1.92 bits per heavy atom. The molecular formula is C19H17BrN4O. The van der Waals surface area contributed by atoms with Crippen molar-refractivity contribution >= 4 is 33.5 Å². The molecule has 1 aromatic heterocycles. The Labute approximate surface area is 154 Å². The second-order valence-corrected chi connectivity index (χ2v) is 6.40. The predicted octanol–water partition coefficient (Wildman–Crippen LogP) is 4.41. The third kappa shape index (κ3) is 4.64. The zero-order chi connectivity index (χ0) is 17.6. The molecule has 1 amide bonds. The average Bonchev–Trinajstić information content (AvgIpc) is 2.63. The molecule has 1 heterocycles. The Morgan fingerprint density at radius 3 is 2.68 bits per heavy atom. The van der Waals surface area contributed by atoms with E-state index in [1.807, 2.05) is 55.5 Å². The maximum absolute atomic E-state index is 12.4. The molecule has 0 unspecified atom stereocenters. The number of nitrogens with zero attached hydrogens (tertiary/aromatic N) is 2. The minimum absolute atomic E-state index is 0.283. The summed E-state index contributed by atoms with van der Waals surface area (Å²) in [6, 6.07) is 17.3. The first-order valence-electron chi connectivity index (χ1n) is 7.80. The molecule has 0 spiro atoms. The van der Waals surface area contributed by atoms with Gasteiger partial charge in [0.25, 0.3) is 5.91 Å². The summed E-state index contributed by atoms with van der Waals surface area (Å²) in [6.45, 7) is 2.58. The molecule has 0 aliphatic heterocycles. The van der Waals surface area contributed by atoms with Crippen molar-refractivity contribution < 1.29 is 4.79 Å². The average molecular weight is 397 g/mol. The Hall–Kier alpha value is -2.73. The molecule has 25 heavy (non-hydrogen) atoms. The van der Waals surface area contributed by atoms with Gasteiger partial charge in [-0.2, -0.15) is 0 Å². The minimum atomic E-state index is -0.283. The normalized spacial score (nSPS) is 10.3. The number of hydrogen-bond donors (Lipinski definition) is 2. The third-order valence-electron chi connectivity index (χ3n) is 3.55. The Bertz CT molecular complexity index is 884. The molecule has 0 atom stereocenters. The van der Waals surface area contributed by atoms with Crippen LogP contribution in [0.3, 0.4) is 0 Å². The van der Waals surface area contributed by atoms with Gasteiger partial charge in [0.1, 0.15) is 5.69 Å². The van der Waals surface area contributed by atoms with Gasteiger partial charge in [0.15, 0.2) is 0 Å². The molecule has 0 radical (unpaired) electrons. The van der Waals surface area contributed by atoms with Crippen LogP contribution >= 0.6 is 15.9 Å². The minimum Gasteiger partial charge on any atom is -0.350 e. The SMILES string of the molecule is Cc1ccc(NC(=O)c2ccnc(NCc3ccccc3)n2)c(Br)c1. The van der Waals surface area contributed by atoms with E-state index in [1.165, 1.54) is 0 Å². The number of carbonyl (C=O) groups is 1. The van der Waals surface area contributed by atoms with Crippen molar-refractivity contribution in [3.8, 4) is 0 Å². The van der Waals surface area contributed by atoms with Crippen molar-refractivity contribution in [2.75, 3.05) is 10.6 Å². The van der Waals surface area contributed by atoms with Gasteiger partial charge in [-0.1, -0.05) is 36.4 Å². The van der Waals surface area contributed by atoms with Gasteiger partial charge in [-0.15, -0.1) is 0 Å². The monoisotopic (exact) mass is 396 g/mol. The van der Waals surface area contributed by atoms with Crippen molar-refractivity contribution in [2.45, 2.75) is 13.5 Å². The lowest BCUT2D eigenvalue weighted by molar-refractivity contribution is 0.102. The van der Waals surface area contributed by atoms with Crippen LogP contribution < -0.4 is 10.6 Å². The maximum atomic E-state index is 12.4. The van der Waals surface area contributed by atoms with E-state index in [9.17, 15) is 4.79 Å². The number of amides is 1. The zero-order valence-electron chi connectivity index (χ0n) is 13.7. The number of rotatable bonds is 5. The van der Waals surface area contributed by atoms with Crippen LogP contribution in [0.2, 0.25) is 0 Å². The molecule has 0 aliphatic rings. The number of aromatic nitrogens is 2. The second kappa shape index (κ2) is 7.90. The molecule has 2 aromatic carbocycles. The van der Waals surface area contributed by atoms with Gasteiger partial charge in [0.05, 0.1) is 5.69 Å². The van der Waals surface area contributed by atoms with Crippen LogP contribution in [0.4, 0.5) is 11.6 Å². The first-order chi connectivity index (χ1) is 12.1. The molecule has 0 aliphatic carbocycles. The van der Waals surface area contributed by atoms with E-state index >= 15 is 0 Å². The summed E-state index contributed by atoms with van der Waals surface area (Å²) in [5, 5.41) is 5.98. The molecule has 3 aromatic rings.